The zero-order valence-corrected chi connectivity index (χ0v) is 17.0. The molecule has 0 saturated carbocycles. The van der Waals surface area contributed by atoms with Crippen LogP contribution in [0.25, 0.3) is 0 Å². The molecule has 5 nitrogen and oxygen atoms in total. The standard InChI is InChI=1S/C22H28O5S/c1-27-20-14-12-19(13-15-20)16-17-28(25,26)21(22(23)24)11-7-3-6-10-18-8-4-2-5-9-18/h2,4-5,8-9,12-15,21H,3,6-7,10-11,16-17H2,1H3,(H,23,24). The van der Waals surface area contributed by atoms with Crippen molar-refractivity contribution in [3.8, 4) is 5.75 Å². The van der Waals surface area contributed by atoms with Crippen LogP contribution in [0.3, 0.4) is 0 Å². The number of hydrogen-bond acceptors (Lipinski definition) is 4. The molecule has 2 aromatic carbocycles. The van der Waals surface area contributed by atoms with Crippen molar-refractivity contribution < 1.29 is 23.1 Å². The van der Waals surface area contributed by atoms with Gasteiger partial charge in [0.15, 0.2) is 15.1 Å². The summed E-state index contributed by atoms with van der Waals surface area (Å²) in [5.41, 5.74) is 2.08. The van der Waals surface area contributed by atoms with Crippen molar-refractivity contribution >= 4 is 15.8 Å². The highest BCUT2D eigenvalue weighted by atomic mass is 32.2. The first-order valence-electron chi connectivity index (χ1n) is 9.53. The maximum atomic E-state index is 12.5. The highest BCUT2D eigenvalue weighted by Gasteiger charge is 2.31. The molecule has 0 aliphatic carbocycles. The monoisotopic (exact) mass is 404 g/mol. The Morgan fingerprint density at radius 2 is 1.57 bits per heavy atom. The molecule has 28 heavy (non-hydrogen) atoms. The van der Waals surface area contributed by atoms with Crippen LogP contribution in [0.15, 0.2) is 54.6 Å². The molecule has 0 aromatic heterocycles. The Hall–Kier alpha value is -2.34. The van der Waals surface area contributed by atoms with E-state index in [9.17, 15) is 18.3 Å². The molecule has 0 aliphatic heterocycles. The first kappa shape index (κ1) is 22.0. The smallest absolute Gasteiger partial charge is 0.321 e. The van der Waals surface area contributed by atoms with E-state index in [2.05, 4.69) is 12.1 Å². The van der Waals surface area contributed by atoms with Crippen LogP contribution in [0.4, 0.5) is 0 Å². The number of aryl methyl sites for hydroxylation is 2. The first-order valence-corrected chi connectivity index (χ1v) is 11.2. The van der Waals surface area contributed by atoms with E-state index in [1.54, 1.807) is 31.4 Å². The van der Waals surface area contributed by atoms with Gasteiger partial charge in [-0.25, -0.2) is 8.42 Å². The lowest BCUT2D eigenvalue weighted by Crippen LogP contribution is -2.32. The van der Waals surface area contributed by atoms with Gasteiger partial charge in [-0.2, -0.15) is 0 Å². The maximum absolute atomic E-state index is 12.5. The third kappa shape index (κ3) is 7.00. The quantitative estimate of drug-likeness (QED) is 0.543. The summed E-state index contributed by atoms with van der Waals surface area (Å²) >= 11 is 0. The van der Waals surface area contributed by atoms with Gasteiger partial charge in [-0.1, -0.05) is 55.3 Å². The lowest BCUT2D eigenvalue weighted by atomic mass is 10.1. The van der Waals surface area contributed by atoms with E-state index in [4.69, 9.17) is 4.74 Å². The number of aliphatic carboxylic acids is 1. The minimum Gasteiger partial charge on any atom is -0.497 e. The summed E-state index contributed by atoms with van der Waals surface area (Å²) in [6.45, 7) is 0. The van der Waals surface area contributed by atoms with Crippen LogP contribution >= 0.6 is 0 Å². The van der Waals surface area contributed by atoms with Gasteiger partial charge < -0.3 is 9.84 Å². The molecule has 152 valence electrons. The molecule has 0 saturated heterocycles. The molecule has 2 rings (SSSR count). The lowest BCUT2D eigenvalue weighted by molar-refractivity contribution is -0.136. The molecule has 0 bridgehead atoms. The summed E-state index contributed by atoms with van der Waals surface area (Å²) in [5.74, 6) is -0.719. The first-order chi connectivity index (χ1) is 13.4. The van der Waals surface area contributed by atoms with E-state index in [0.29, 0.717) is 18.6 Å². The van der Waals surface area contributed by atoms with Crippen molar-refractivity contribution in [2.75, 3.05) is 12.9 Å². The minimum atomic E-state index is -3.71. The zero-order valence-electron chi connectivity index (χ0n) is 16.2. The van der Waals surface area contributed by atoms with E-state index in [1.807, 2.05) is 18.2 Å². The third-order valence-electron chi connectivity index (χ3n) is 4.82. The second kappa shape index (κ2) is 10.9. The van der Waals surface area contributed by atoms with Gasteiger partial charge in [-0.05, 0) is 48.9 Å². The number of unbranched alkanes of at least 4 members (excludes halogenated alkanes) is 2. The average molecular weight is 405 g/mol. The predicted molar refractivity (Wildman–Crippen MR) is 111 cm³/mol. The Bertz CT molecular complexity index is 829. The third-order valence-corrected chi connectivity index (χ3v) is 6.90. The molecule has 1 unspecified atom stereocenters. The Morgan fingerprint density at radius 3 is 2.18 bits per heavy atom. The van der Waals surface area contributed by atoms with Gasteiger partial charge in [0.1, 0.15) is 5.75 Å². The summed E-state index contributed by atoms with van der Waals surface area (Å²) in [6, 6.07) is 17.2. The maximum Gasteiger partial charge on any atom is 0.321 e. The second-order valence-electron chi connectivity index (χ2n) is 6.88. The minimum absolute atomic E-state index is 0.162. The molecule has 0 aliphatic rings. The average Bonchev–Trinajstić information content (AvgIpc) is 2.70. The van der Waals surface area contributed by atoms with Crippen LogP contribution in [-0.2, 0) is 27.5 Å². The molecule has 0 spiro atoms. The van der Waals surface area contributed by atoms with Crippen LogP contribution in [-0.4, -0.2) is 37.6 Å². The van der Waals surface area contributed by atoms with Gasteiger partial charge in [0, 0.05) is 0 Å². The molecule has 6 heteroatoms. The fourth-order valence-corrected chi connectivity index (χ4v) is 4.77. The predicted octanol–water partition coefficient (Wildman–Crippen LogP) is 3.91. The van der Waals surface area contributed by atoms with Gasteiger partial charge in [0.25, 0.3) is 0 Å². The van der Waals surface area contributed by atoms with E-state index in [1.165, 1.54) is 5.56 Å². The molecule has 0 radical (unpaired) electrons. The number of methoxy groups -OCH3 is 1. The molecule has 2 aromatic rings. The Labute approximate surface area is 167 Å². The highest BCUT2D eigenvalue weighted by molar-refractivity contribution is 7.92. The van der Waals surface area contributed by atoms with Crippen LogP contribution < -0.4 is 4.74 Å². The second-order valence-corrected chi connectivity index (χ2v) is 9.18. The fourth-order valence-electron chi connectivity index (χ4n) is 3.13. The van der Waals surface area contributed by atoms with Gasteiger partial charge in [-0.3, -0.25) is 4.79 Å². The summed E-state index contributed by atoms with van der Waals surface area (Å²) < 4.78 is 30.2. The van der Waals surface area contributed by atoms with E-state index in [0.717, 1.165) is 24.8 Å². The van der Waals surface area contributed by atoms with Crippen LogP contribution in [0.2, 0.25) is 0 Å². The van der Waals surface area contributed by atoms with Crippen LogP contribution in [0.5, 0.6) is 5.75 Å². The summed E-state index contributed by atoms with van der Waals surface area (Å²) in [6.07, 6.45) is 3.70. The SMILES string of the molecule is COc1ccc(CCS(=O)(=O)C(CCCCCc2ccccc2)C(=O)O)cc1. The van der Waals surface area contributed by atoms with E-state index >= 15 is 0 Å². The van der Waals surface area contributed by atoms with E-state index < -0.39 is 21.1 Å². The molecule has 0 fully saturated rings. The molecule has 1 atom stereocenters. The van der Waals surface area contributed by atoms with Crippen LogP contribution in [0, 0.1) is 0 Å². The molecular formula is C22H28O5S. The number of carboxylic acid groups (broad SMARTS) is 1. The van der Waals surface area contributed by atoms with Gasteiger partial charge >= 0.3 is 5.97 Å². The zero-order chi connectivity index (χ0) is 20.4. The van der Waals surface area contributed by atoms with Crippen molar-refractivity contribution in [3.63, 3.8) is 0 Å². The number of benzene rings is 2. The molecular weight excluding hydrogens is 376 g/mol. The molecule has 0 amide bonds. The largest absolute Gasteiger partial charge is 0.497 e. The Morgan fingerprint density at radius 1 is 0.929 bits per heavy atom. The number of carboxylic acids is 1. The van der Waals surface area contributed by atoms with Gasteiger partial charge in [0.05, 0.1) is 12.9 Å². The summed E-state index contributed by atoms with van der Waals surface area (Å²) in [7, 11) is -2.14. The van der Waals surface area contributed by atoms with E-state index in [-0.39, 0.29) is 12.2 Å². The Balaban J connectivity index is 1.82. The van der Waals surface area contributed by atoms with Crippen molar-refractivity contribution in [2.24, 2.45) is 0 Å². The normalized spacial score (nSPS) is 12.5. The van der Waals surface area contributed by atoms with Crippen molar-refractivity contribution in [3.05, 3.63) is 65.7 Å². The topological polar surface area (TPSA) is 80.7 Å². The molecule has 0 heterocycles. The molecule has 1 N–H and O–H groups in total. The lowest BCUT2D eigenvalue weighted by Gasteiger charge is -2.14. The Kier molecular flexibility index (Phi) is 8.51. The van der Waals surface area contributed by atoms with Crippen LogP contribution in [0.1, 0.15) is 36.8 Å². The number of rotatable bonds is 12. The van der Waals surface area contributed by atoms with Gasteiger partial charge in [0.2, 0.25) is 0 Å². The van der Waals surface area contributed by atoms with Crippen molar-refractivity contribution in [1.82, 2.24) is 0 Å². The summed E-state index contributed by atoms with van der Waals surface area (Å²) in [5, 5.41) is 8.08. The number of hydrogen-bond donors (Lipinski definition) is 1. The number of carbonyl (C=O) groups is 1. The fraction of sp³-hybridized carbons (Fsp3) is 0.409. The van der Waals surface area contributed by atoms with Crippen molar-refractivity contribution in [2.45, 2.75) is 43.8 Å². The van der Waals surface area contributed by atoms with Gasteiger partial charge in [-0.15, -0.1) is 0 Å². The van der Waals surface area contributed by atoms with Crippen molar-refractivity contribution in [1.29, 1.82) is 0 Å². The number of ether oxygens (including phenoxy) is 1. The number of sulfone groups is 1. The summed E-state index contributed by atoms with van der Waals surface area (Å²) in [4.78, 5) is 11.5. The highest BCUT2D eigenvalue weighted by Crippen LogP contribution is 2.17.